The van der Waals surface area contributed by atoms with E-state index in [4.69, 9.17) is 4.74 Å². The minimum Gasteiger partial charge on any atom is -0.492 e. The molecule has 0 bridgehead atoms. The highest BCUT2D eigenvalue weighted by atomic mass is 32.2. The molecule has 0 heterocycles. The Hall–Kier alpha value is -0.740. The van der Waals surface area contributed by atoms with Gasteiger partial charge in [-0.15, -0.1) is 0 Å². The minimum absolute atomic E-state index is 0.217. The summed E-state index contributed by atoms with van der Waals surface area (Å²) in [5.74, 6) is 2.62. The van der Waals surface area contributed by atoms with E-state index < -0.39 is 0 Å². The fraction of sp³-hybridized carbons (Fsp3) is 0.571. The summed E-state index contributed by atoms with van der Waals surface area (Å²) in [7, 11) is 0. The third-order valence-electron chi connectivity index (χ3n) is 2.41. The van der Waals surface area contributed by atoms with Crippen molar-refractivity contribution in [2.75, 3.05) is 18.1 Å². The quantitative estimate of drug-likeness (QED) is 0.732. The lowest BCUT2D eigenvalue weighted by atomic mass is 10.2. The predicted molar refractivity (Wildman–Crippen MR) is 76.9 cm³/mol. The highest BCUT2D eigenvalue weighted by molar-refractivity contribution is 7.99. The third kappa shape index (κ3) is 5.74. The molecule has 0 saturated carbocycles. The molecule has 1 rings (SSSR count). The maximum Gasteiger partial charge on any atom is 0.124 e. The summed E-state index contributed by atoms with van der Waals surface area (Å²) in [4.78, 5) is 0. The van der Waals surface area contributed by atoms with Crippen LogP contribution in [-0.2, 0) is 6.54 Å². The first-order valence-corrected chi connectivity index (χ1v) is 7.51. The number of benzene rings is 1. The van der Waals surface area contributed by atoms with Gasteiger partial charge in [0, 0.05) is 23.9 Å². The van der Waals surface area contributed by atoms with Crippen LogP contribution in [0.25, 0.3) is 0 Å². The number of thioether (sulfide) groups is 1. The number of hydrogen-bond donors (Lipinski definition) is 1. The molecule has 0 saturated heterocycles. The van der Waals surface area contributed by atoms with E-state index in [1.165, 1.54) is 12.1 Å². The summed E-state index contributed by atoms with van der Waals surface area (Å²) >= 11 is 1.84. The van der Waals surface area contributed by atoms with Gasteiger partial charge in [0.05, 0.1) is 6.61 Å². The maximum atomic E-state index is 13.2. The van der Waals surface area contributed by atoms with Crippen molar-refractivity contribution >= 4 is 11.8 Å². The Kier molecular flexibility index (Phi) is 7.13. The lowest BCUT2D eigenvalue weighted by Gasteiger charge is -2.13. The summed E-state index contributed by atoms with van der Waals surface area (Å²) in [6.07, 6.45) is 0. The molecule has 0 aliphatic heterocycles. The van der Waals surface area contributed by atoms with E-state index in [1.807, 2.05) is 11.8 Å². The van der Waals surface area contributed by atoms with E-state index in [9.17, 15) is 4.39 Å². The molecule has 0 unspecified atom stereocenters. The third-order valence-corrected chi connectivity index (χ3v) is 3.28. The van der Waals surface area contributed by atoms with Crippen LogP contribution in [0.4, 0.5) is 4.39 Å². The highest BCUT2D eigenvalue weighted by Crippen LogP contribution is 2.20. The van der Waals surface area contributed by atoms with Gasteiger partial charge in [0.25, 0.3) is 0 Å². The van der Waals surface area contributed by atoms with Crippen LogP contribution in [0.1, 0.15) is 26.3 Å². The summed E-state index contributed by atoms with van der Waals surface area (Å²) in [5, 5.41) is 3.28. The Morgan fingerprint density at radius 3 is 2.83 bits per heavy atom. The SMILES string of the molecule is CCSCCOc1ccc(F)cc1CNC(C)C. The second-order valence-corrected chi connectivity index (χ2v) is 5.73. The topological polar surface area (TPSA) is 21.3 Å². The zero-order valence-electron chi connectivity index (χ0n) is 11.3. The van der Waals surface area contributed by atoms with E-state index >= 15 is 0 Å². The molecule has 0 radical (unpaired) electrons. The van der Waals surface area contributed by atoms with Crippen LogP contribution in [0.3, 0.4) is 0 Å². The molecule has 1 N–H and O–H groups in total. The minimum atomic E-state index is -0.217. The summed E-state index contributed by atoms with van der Waals surface area (Å²) in [6, 6.07) is 5.07. The van der Waals surface area contributed by atoms with Crippen LogP contribution < -0.4 is 10.1 Å². The summed E-state index contributed by atoms with van der Waals surface area (Å²) in [6.45, 7) is 7.56. The first-order chi connectivity index (χ1) is 8.63. The zero-order valence-corrected chi connectivity index (χ0v) is 12.1. The van der Waals surface area contributed by atoms with Crippen LogP contribution >= 0.6 is 11.8 Å². The van der Waals surface area contributed by atoms with Crippen LogP contribution in [0.2, 0.25) is 0 Å². The van der Waals surface area contributed by atoms with Gasteiger partial charge in [0.1, 0.15) is 11.6 Å². The molecule has 18 heavy (non-hydrogen) atoms. The number of hydrogen-bond acceptors (Lipinski definition) is 3. The molecule has 0 amide bonds. The van der Waals surface area contributed by atoms with Crippen molar-refractivity contribution in [2.45, 2.75) is 33.4 Å². The first kappa shape index (κ1) is 15.3. The number of rotatable bonds is 8. The van der Waals surface area contributed by atoms with Crippen LogP contribution in [0, 0.1) is 5.82 Å². The van der Waals surface area contributed by atoms with Gasteiger partial charge in [0.2, 0.25) is 0 Å². The molecular formula is C14H22FNOS. The largest absolute Gasteiger partial charge is 0.492 e. The molecule has 102 valence electrons. The fourth-order valence-corrected chi connectivity index (χ4v) is 1.99. The average molecular weight is 271 g/mol. The number of halogens is 1. The highest BCUT2D eigenvalue weighted by Gasteiger charge is 2.06. The van der Waals surface area contributed by atoms with Gasteiger partial charge >= 0.3 is 0 Å². The van der Waals surface area contributed by atoms with E-state index in [0.717, 1.165) is 22.8 Å². The molecule has 0 atom stereocenters. The molecule has 4 heteroatoms. The molecule has 1 aromatic rings. The van der Waals surface area contributed by atoms with Gasteiger partial charge in [-0.1, -0.05) is 20.8 Å². The number of ether oxygens (including phenoxy) is 1. The van der Waals surface area contributed by atoms with Gasteiger partial charge in [-0.3, -0.25) is 0 Å². The van der Waals surface area contributed by atoms with Crippen molar-refractivity contribution in [1.82, 2.24) is 5.32 Å². The fourth-order valence-electron chi connectivity index (χ4n) is 1.50. The van der Waals surface area contributed by atoms with Crippen LogP contribution in [-0.4, -0.2) is 24.2 Å². The molecule has 2 nitrogen and oxygen atoms in total. The van der Waals surface area contributed by atoms with E-state index in [0.29, 0.717) is 19.2 Å². The van der Waals surface area contributed by atoms with Gasteiger partial charge in [-0.2, -0.15) is 11.8 Å². The Bertz CT molecular complexity index is 358. The first-order valence-electron chi connectivity index (χ1n) is 6.35. The van der Waals surface area contributed by atoms with Crippen molar-refractivity contribution in [3.05, 3.63) is 29.6 Å². The number of nitrogens with one attached hydrogen (secondary N) is 1. The molecule has 0 aliphatic rings. The lowest BCUT2D eigenvalue weighted by molar-refractivity contribution is 0.338. The van der Waals surface area contributed by atoms with Gasteiger partial charge in [-0.25, -0.2) is 4.39 Å². The van der Waals surface area contributed by atoms with Crippen molar-refractivity contribution in [3.8, 4) is 5.75 Å². The van der Waals surface area contributed by atoms with Gasteiger partial charge in [-0.05, 0) is 24.0 Å². The molecular weight excluding hydrogens is 249 g/mol. The van der Waals surface area contributed by atoms with E-state index in [-0.39, 0.29) is 5.82 Å². The van der Waals surface area contributed by atoms with Crippen molar-refractivity contribution in [3.63, 3.8) is 0 Å². The maximum absolute atomic E-state index is 13.2. The second-order valence-electron chi connectivity index (χ2n) is 4.33. The molecule has 0 aliphatic carbocycles. The molecule has 0 spiro atoms. The Balaban J connectivity index is 2.58. The lowest BCUT2D eigenvalue weighted by Crippen LogP contribution is -2.22. The van der Waals surface area contributed by atoms with Crippen molar-refractivity contribution in [1.29, 1.82) is 0 Å². The van der Waals surface area contributed by atoms with Gasteiger partial charge < -0.3 is 10.1 Å². The Morgan fingerprint density at radius 1 is 1.39 bits per heavy atom. The Labute approximate surface area is 113 Å². The predicted octanol–water partition coefficient (Wildman–Crippen LogP) is 3.46. The second kappa shape index (κ2) is 8.38. The van der Waals surface area contributed by atoms with Crippen molar-refractivity contribution < 1.29 is 9.13 Å². The van der Waals surface area contributed by atoms with E-state index in [2.05, 4.69) is 26.1 Å². The van der Waals surface area contributed by atoms with E-state index in [1.54, 1.807) is 6.07 Å². The van der Waals surface area contributed by atoms with Gasteiger partial charge in [0.15, 0.2) is 0 Å². The molecule has 0 aromatic heterocycles. The normalized spacial score (nSPS) is 10.9. The van der Waals surface area contributed by atoms with Crippen LogP contribution in [0.5, 0.6) is 5.75 Å². The van der Waals surface area contributed by atoms with Crippen molar-refractivity contribution in [2.24, 2.45) is 0 Å². The monoisotopic (exact) mass is 271 g/mol. The standard InChI is InChI=1S/C14H22FNOS/c1-4-18-8-7-17-14-6-5-13(15)9-12(14)10-16-11(2)3/h5-6,9,11,16H,4,7-8,10H2,1-3H3. The van der Waals surface area contributed by atoms with Crippen LogP contribution in [0.15, 0.2) is 18.2 Å². The summed E-state index contributed by atoms with van der Waals surface area (Å²) in [5.41, 5.74) is 0.880. The zero-order chi connectivity index (χ0) is 13.4. The average Bonchev–Trinajstić information content (AvgIpc) is 2.34. The molecule has 1 aromatic carbocycles. The smallest absolute Gasteiger partial charge is 0.124 e. The summed E-state index contributed by atoms with van der Waals surface area (Å²) < 4.78 is 18.9. The molecule has 0 fully saturated rings. The Morgan fingerprint density at radius 2 is 2.17 bits per heavy atom.